The Balaban J connectivity index is 1.78. The molecule has 0 fully saturated rings. The highest BCUT2D eigenvalue weighted by atomic mass is 32.2. The summed E-state index contributed by atoms with van der Waals surface area (Å²) in [5, 5.41) is 5.26. The molecule has 1 aromatic heterocycles. The number of thiazole rings is 1. The van der Waals surface area contributed by atoms with Gasteiger partial charge in [-0.05, 0) is 49.4 Å². The van der Waals surface area contributed by atoms with Gasteiger partial charge in [0.05, 0.1) is 44.8 Å². The molecule has 14 heteroatoms. The van der Waals surface area contributed by atoms with Gasteiger partial charge < -0.3 is 9.30 Å². The van der Waals surface area contributed by atoms with Gasteiger partial charge in [0.2, 0.25) is 10.0 Å². The number of benzene rings is 3. The molecule has 39 heavy (non-hydrogen) atoms. The van der Waals surface area contributed by atoms with E-state index >= 15 is 0 Å². The summed E-state index contributed by atoms with van der Waals surface area (Å²) < 4.78 is 58.8. The molecule has 3 N–H and O–H groups in total. The summed E-state index contributed by atoms with van der Waals surface area (Å²) in [4.78, 5) is 29.4. The molecule has 0 aliphatic rings. The molecule has 0 radical (unpaired) electrons. The molecular formula is C25H24N4O7S3. The predicted molar refractivity (Wildman–Crippen MR) is 146 cm³/mol. The Morgan fingerprint density at radius 3 is 2.33 bits per heavy atom. The van der Waals surface area contributed by atoms with Crippen molar-refractivity contribution in [3.05, 3.63) is 82.7 Å². The highest BCUT2D eigenvalue weighted by Crippen LogP contribution is 2.24. The second-order valence-electron chi connectivity index (χ2n) is 8.42. The number of nitrogens with zero attached hydrogens (tertiary/aromatic N) is 2. The molecule has 3 aromatic carbocycles. The van der Waals surface area contributed by atoms with Gasteiger partial charge in [0, 0.05) is 6.54 Å². The van der Waals surface area contributed by atoms with E-state index in [0.29, 0.717) is 10.2 Å². The molecule has 11 nitrogen and oxygen atoms in total. The summed E-state index contributed by atoms with van der Waals surface area (Å²) in [5.41, 5.74) is 1.44. The number of methoxy groups -OCH3 is 1. The van der Waals surface area contributed by atoms with Crippen LogP contribution in [0.25, 0.3) is 10.2 Å². The van der Waals surface area contributed by atoms with Gasteiger partial charge in [-0.1, -0.05) is 41.2 Å². The van der Waals surface area contributed by atoms with Gasteiger partial charge in [-0.15, -0.1) is 0 Å². The van der Waals surface area contributed by atoms with Crippen molar-refractivity contribution >= 4 is 59.2 Å². The Labute approximate surface area is 228 Å². The van der Waals surface area contributed by atoms with Crippen LogP contribution < -0.4 is 14.7 Å². The van der Waals surface area contributed by atoms with Crippen LogP contribution in [0.1, 0.15) is 22.3 Å². The number of fused-ring (bicyclic) bond motifs is 1. The van der Waals surface area contributed by atoms with E-state index < -0.39 is 31.9 Å². The minimum Gasteiger partial charge on any atom is -0.469 e. The lowest BCUT2D eigenvalue weighted by molar-refractivity contribution is -0.140. The minimum absolute atomic E-state index is 0.00427. The van der Waals surface area contributed by atoms with Gasteiger partial charge in [0.15, 0.2) is 4.80 Å². The van der Waals surface area contributed by atoms with Crippen molar-refractivity contribution in [3.8, 4) is 0 Å². The third-order valence-corrected chi connectivity index (χ3v) is 9.01. The number of nitrogens with two attached hydrogens (primary N) is 1. The zero-order chi connectivity index (χ0) is 28.4. The lowest BCUT2D eigenvalue weighted by Gasteiger charge is -2.11. The minimum atomic E-state index is -3.99. The fourth-order valence-electron chi connectivity index (χ4n) is 3.66. The number of nitrogens with one attached hydrogen (secondary N) is 1. The van der Waals surface area contributed by atoms with E-state index in [1.54, 1.807) is 28.8 Å². The fourth-order valence-corrected chi connectivity index (χ4v) is 6.45. The van der Waals surface area contributed by atoms with Gasteiger partial charge >= 0.3 is 5.97 Å². The molecule has 0 aliphatic carbocycles. The zero-order valence-corrected chi connectivity index (χ0v) is 23.3. The molecule has 0 saturated carbocycles. The number of aryl methyl sites for hydroxylation is 2. The predicted octanol–water partition coefficient (Wildman–Crippen LogP) is 2.76. The number of hydrogen-bond acceptors (Lipinski definition) is 8. The highest BCUT2D eigenvalue weighted by Gasteiger charge is 2.19. The van der Waals surface area contributed by atoms with Crippen molar-refractivity contribution in [2.24, 2.45) is 10.1 Å². The fraction of sp³-hybridized carbons (Fsp3) is 0.160. The molecule has 0 unspecified atom stereocenters. The van der Waals surface area contributed by atoms with E-state index in [0.717, 1.165) is 16.9 Å². The second-order valence-corrected chi connectivity index (χ2v) is 12.7. The van der Waals surface area contributed by atoms with Crippen LogP contribution in [0.2, 0.25) is 0 Å². The quantitative estimate of drug-likeness (QED) is 0.298. The Hall–Kier alpha value is -3.85. The molecule has 204 valence electrons. The Kier molecular flexibility index (Phi) is 8.02. The van der Waals surface area contributed by atoms with Gasteiger partial charge in [-0.25, -0.2) is 22.0 Å². The number of ether oxygens (including phenoxy) is 1. The largest absolute Gasteiger partial charge is 0.469 e. The monoisotopic (exact) mass is 588 g/mol. The molecule has 0 aliphatic heterocycles. The molecule has 1 amide bonds. The number of rotatable bonds is 8. The number of hydrogen-bond donors (Lipinski definition) is 2. The summed E-state index contributed by atoms with van der Waals surface area (Å²) in [6.07, 6.45) is -0.0341. The maximum absolute atomic E-state index is 13.3. The highest BCUT2D eigenvalue weighted by molar-refractivity contribution is 7.92. The van der Waals surface area contributed by atoms with Crippen LogP contribution in [0.15, 0.2) is 81.5 Å². The first-order valence-electron chi connectivity index (χ1n) is 11.4. The zero-order valence-electron chi connectivity index (χ0n) is 20.8. The van der Waals surface area contributed by atoms with Crippen molar-refractivity contribution in [1.29, 1.82) is 0 Å². The Morgan fingerprint density at radius 2 is 1.67 bits per heavy atom. The summed E-state index contributed by atoms with van der Waals surface area (Å²) in [6.45, 7) is 1.93. The van der Waals surface area contributed by atoms with Crippen LogP contribution in [-0.2, 0) is 36.1 Å². The first-order valence-corrected chi connectivity index (χ1v) is 15.2. The summed E-state index contributed by atoms with van der Waals surface area (Å²) in [7, 11) is -6.72. The van der Waals surface area contributed by atoms with Gasteiger partial charge in [0.1, 0.15) is 0 Å². The number of carbonyl (C=O) groups is 2. The Morgan fingerprint density at radius 1 is 1.00 bits per heavy atom. The SMILES string of the molecule is COC(=O)CCn1c(=NC(=O)c2ccccc2NS(=O)(=O)c2ccc(C)cc2)sc2cc(S(N)(=O)=O)ccc21. The smallest absolute Gasteiger partial charge is 0.307 e. The second kappa shape index (κ2) is 11.1. The molecule has 1 heterocycles. The lowest BCUT2D eigenvalue weighted by atomic mass is 10.2. The molecular weight excluding hydrogens is 564 g/mol. The average Bonchev–Trinajstić information content (AvgIpc) is 3.23. The first kappa shape index (κ1) is 28.2. The molecule has 0 bridgehead atoms. The van der Waals surface area contributed by atoms with Crippen molar-refractivity contribution in [2.75, 3.05) is 11.8 Å². The lowest BCUT2D eigenvalue weighted by Crippen LogP contribution is -2.20. The van der Waals surface area contributed by atoms with Crippen molar-refractivity contribution < 1.29 is 31.2 Å². The first-order chi connectivity index (χ1) is 18.4. The Bertz CT molecular complexity index is 1860. The van der Waals surface area contributed by atoms with Gasteiger partial charge in [-0.3, -0.25) is 14.3 Å². The summed E-state index contributed by atoms with van der Waals surface area (Å²) in [5.74, 6) is -1.24. The molecule has 0 atom stereocenters. The van der Waals surface area contributed by atoms with Crippen LogP contribution >= 0.6 is 11.3 Å². The van der Waals surface area contributed by atoms with E-state index in [-0.39, 0.29) is 38.8 Å². The van der Waals surface area contributed by atoms with Crippen LogP contribution in [0.4, 0.5) is 5.69 Å². The number of anilines is 1. The van der Waals surface area contributed by atoms with E-state index in [4.69, 9.17) is 9.88 Å². The number of primary sulfonamides is 1. The summed E-state index contributed by atoms with van der Waals surface area (Å²) >= 11 is 1.02. The number of amides is 1. The number of carbonyl (C=O) groups excluding carboxylic acids is 2. The molecule has 0 saturated heterocycles. The molecule has 0 spiro atoms. The van der Waals surface area contributed by atoms with Crippen molar-refractivity contribution in [3.63, 3.8) is 0 Å². The van der Waals surface area contributed by atoms with Gasteiger partial charge in [-0.2, -0.15) is 4.99 Å². The van der Waals surface area contributed by atoms with Crippen LogP contribution in [0.5, 0.6) is 0 Å². The van der Waals surface area contributed by atoms with Crippen molar-refractivity contribution in [2.45, 2.75) is 29.7 Å². The van der Waals surface area contributed by atoms with E-state index in [1.165, 1.54) is 49.6 Å². The van der Waals surface area contributed by atoms with Crippen LogP contribution in [-0.4, -0.2) is 40.4 Å². The maximum Gasteiger partial charge on any atom is 0.307 e. The topological polar surface area (TPSA) is 167 Å². The number of esters is 1. The third-order valence-electron chi connectivity index (χ3n) is 5.68. The normalized spacial score (nSPS) is 12.4. The summed E-state index contributed by atoms with van der Waals surface area (Å²) in [6, 6.07) is 16.5. The van der Waals surface area contributed by atoms with E-state index in [1.807, 2.05) is 6.92 Å². The van der Waals surface area contributed by atoms with Crippen LogP contribution in [0.3, 0.4) is 0 Å². The van der Waals surface area contributed by atoms with Crippen molar-refractivity contribution in [1.82, 2.24) is 4.57 Å². The number of aromatic nitrogens is 1. The molecule has 4 rings (SSSR count). The average molecular weight is 589 g/mol. The van der Waals surface area contributed by atoms with E-state index in [9.17, 15) is 26.4 Å². The molecule has 4 aromatic rings. The number of para-hydroxylation sites is 1. The maximum atomic E-state index is 13.3. The standard InChI is InChI=1S/C25H24N4O7S3/c1-16-7-9-17(10-8-16)39(34,35)28-20-6-4-3-5-19(20)24(31)27-25-29(14-13-23(30)36-2)21-12-11-18(38(26,32)33)15-22(21)37-25/h3-12,15,28H,13-14H2,1-2H3,(H2,26,32,33). The van der Waals surface area contributed by atoms with E-state index in [2.05, 4.69) is 9.71 Å². The third kappa shape index (κ3) is 6.42. The van der Waals surface area contributed by atoms with Crippen LogP contribution in [0, 0.1) is 6.92 Å². The van der Waals surface area contributed by atoms with Gasteiger partial charge in [0.25, 0.3) is 15.9 Å². The number of sulfonamides is 2.